The standard InChI is InChI=1S/C20H18ClN5O2S/c1-3-16(27)26-15-8-7-13(21)10-14(15)17-18(23-20(25-24-17)29-4-2)28-19(26)12-6-5-9-22-11-12/h5-11,19H,3-4H2,1-2H3. The van der Waals surface area contributed by atoms with Gasteiger partial charge in [0.25, 0.3) is 0 Å². The lowest BCUT2D eigenvalue weighted by Gasteiger charge is -2.30. The minimum Gasteiger partial charge on any atom is -0.447 e. The normalized spacial score (nSPS) is 15.1. The van der Waals surface area contributed by atoms with E-state index in [-0.39, 0.29) is 5.91 Å². The van der Waals surface area contributed by atoms with Gasteiger partial charge in [-0.2, -0.15) is 4.98 Å². The lowest BCUT2D eigenvalue weighted by atomic mass is 10.1. The minimum atomic E-state index is -0.742. The molecule has 148 valence electrons. The highest BCUT2D eigenvalue weighted by atomic mass is 35.5. The number of hydrogen-bond acceptors (Lipinski definition) is 7. The van der Waals surface area contributed by atoms with Gasteiger partial charge < -0.3 is 4.74 Å². The quantitative estimate of drug-likeness (QED) is 0.565. The fraction of sp³-hybridized carbons (Fsp3) is 0.250. The first-order valence-corrected chi connectivity index (χ1v) is 10.5. The minimum absolute atomic E-state index is 0.105. The van der Waals surface area contributed by atoms with E-state index in [2.05, 4.69) is 20.2 Å². The summed E-state index contributed by atoms with van der Waals surface area (Å²) in [5.41, 5.74) is 2.46. The second kappa shape index (κ2) is 8.34. The number of rotatable bonds is 4. The van der Waals surface area contributed by atoms with Crippen molar-refractivity contribution in [2.24, 2.45) is 0 Å². The Hall–Kier alpha value is -2.71. The van der Waals surface area contributed by atoms with Crippen molar-refractivity contribution in [3.05, 3.63) is 53.3 Å². The highest BCUT2D eigenvalue weighted by Gasteiger charge is 2.35. The van der Waals surface area contributed by atoms with Gasteiger partial charge in [-0.25, -0.2) is 0 Å². The van der Waals surface area contributed by atoms with E-state index >= 15 is 0 Å². The zero-order valence-electron chi connectivity index (χ0n) is 15.9. The molecule has 1 aliphatic heterocycles. The Kier molecular flexibility index (Phi) is 5.64. The van der Waals surface area contributed by atoms with E-state index in [1.165, 1.54) is 11.8 Å². The van der Waals surface area contributed by atoms with Crippen molar-refractivity contribution in [1.82, 2.24) is 20.2 Å². The van der Waals surface area contributed by atoms with Crippen molar-refractivity contribution >= 4 is 35.0 Å². The molecular formula is C20H18ClN5O2S. The molecule has 1 unspecified atom stereocenters. The zero-order valence-corrected chi connectivity index (χ0v) is 17.4. The number of carbonyl (C=O) groups excluding carboxylic acids is 1. The second-order valence-electron chi connectivity index (χ2n) is 6.22. The van der Waals surface area contributed by atoms with Crippen LogP contribution in [0.3, 0.4) is 0 Å². The number of halogens is 1. The second-order valence-corrected chi connectivity index (χ2v) is 7.88. The summed E-state index contributed by atoms with van der Waals surface area (Å²) in [7, 11) is 0. The molecule has 3 heterocycles. The molecule has 0 N–H and O–H groups in total. The number of amides is 1. The number of fused-ring (bicyclic) bond motifs is 3. The van der Waals surface area contributed by atoms with Crippen molar-refractivity contribution in [2.45, 2.75) is 31.7 Å². The zero-order chi connectivity index (χ0) is 20.4. The molecule has 0 saturated heterocycles. The van der Waals surface area contributed by atoms with Crippen LogP contribution in [0.1, 0.15) is 32.1 Å². The number of hydrogen-bond donors (Lipinski definition) is 0. The van der Waals surface area contributed by atoms with E-state index in [1.54, 1.807) is 41.6 Å². The molecule has 2 aromatic heterocycles. The van der Waals surface area contributed by atoms with Gasteiger partial charge in [-0.15, -0.1) is 10.2 Å². The predicted molar refractivity (Wildman–Crippen MR) is 112 cm³/mol. The van der Waals surface area contributed by atoms with Gasteiger partial charge in [0, 0.05) is 35.0 Å². The molecule has 3 aromatic rings. The fourth-order valence-electron chi connectivity index (χ4n) is 3.11. The highest BCUT2D eigenvalue weighted by molar-refractivity contribution is 7.99. The van der Waals surface area contributed by atoms with Crippen LogP contribution in [0, 0.1) is 0 Å². The number of thioether (sulfide) groups is 1. The number of aromatic nitrogens is 4. The Labute approximate surface area is 177 Å². The molecule has 29 heavy (non-hydrogen) atoms. The maximum absolute atomic E-state index is 13.0. The molecule has 7 nitrogen and oxygen atoms in total. The first-order valence-electron chi connectivity index (χ1n) is 9.18. The average Bonchev–Trinajstić information content (AvgIpc) is 2.88. The van der Waals surface area contributed by atoms with Gasteiger partial charge in [-0.1, -0.05) is 43.3 Å². The molecule has 0 spiro atoms. The van der Waals surface area contributed by atoms with Crippen LogP contribution in [0.15, 0.2) is 47.9 Å². The van der Waals surface area contributed by atoms with Gasteiger partial charge in [-0.3, -0.25) is 14.7 Å². The van der Waals surface area contributed by atoms with E-state index in [4.69, 9.17) is 16.3 Å². The van der Waals surface area contributed by atoms with Gasteiger partial charge in [-0.05, 0) is 30.0 Å². The third kappa shape index (κ3) is 3.77. The summed E-state index contributed by atoms with van der Waals surface area (Å²) in [5, 5.41) is 9.59. The van der Waals surface area contributed by atoms with Crippen LogP contribution in [-0.2, 0) is 4.79 Å². The SMILES string of the molecule is CCSc1nnc2c(n1)OC(c1cccnc1)N(C(=O)CC)c1ccc(Cl)cc1-2. The number of ether oxygens (including phenoxy) is 1. The number of pyridine rings is 1. The summed E-state index contributed by atoms with van der Waals surface area (Å²) in [5.74, 6) is 1.00. The monoisotopic (exact) mass is 427 g/mol. The number of benzene rings is 1. The van der Waals surface area contributed by atoms with Crippen LogP contribution < -0.4 is 9.64 Å². The molecule has 0 fully saturated rings. The number of nitrogens with zero attached hydrogens (tertiary/aromatic N) is 5. The highest BCUT2D eigenvalue weighted by Crippen LogP contribution is 2.44. The molecule has 1 aromatic carbocycles. The van der Waals surface area contributed by atoms with E-state index in [0.29, 0.717) is 39.4 Å². The molecule has 0 aliphatic carbocycles. The van der Waals surface area contributed by atoms with Crippen LogP contribution >= 0.6 is 23.4 Å². The Morgan fingerprint density at radius 2 is 2.14 bits per heavy atom. The smallest absolute Gasteiger partial charge is 0.247 e. The van der Waals surface area contributed by atoms with Crippen LogP contribution in [-0.4, -0.2) is 31.8 Å². The molecule has 1 aliphatic rings. The van der Waals surface area contributed by atoms with Gasteiger partial charge in [0.1, 0.15) is 0 Å². The lowest BCUT2D eigenvalue weighted by Crippen LogP contribution is -2.37. The first-order chi connectivity index (χ1) is 14.1. The molecule has 1 amide bonds. The van der Waals surface area contributed by atoms with Crippen molar-refractivity contribution in [1.29, 1.82) is 0 Å². The summed E-state index contributed by atoms with van der Waals surface area (Å²) < 4.78 is 6.28. The lowest BCUT2D eigenvalue weighted by molar-refractivity contribution is -0.120. The Morgan fingerprint density at radius 1 is 1.28 bits per heavy atom. The average molecular weight is 428 g/mol. The number of carbonyl (C=O) groups is 1. The third-order valence-corrected chi connectivity index (χ3v) is 5.34. The predicted octanol–water partition coefficient (Wildman–Crippen LogP) is 4.53. The fourth-order valence-corrected chi connectivity index (χ4v) is 3.78. The molecule has 0 radical (unpaired) electrons. The largest absolute Gasteiger partial charge is 0.447 e. The van der Waals surface area contributed by atoms with Gasteiger partial charge >= 0.3 is 0 Å². The summed E-state index contributed by atoms with van der Waals surface area (Å²) in [6, 6.07) is 8.96. The van der Waals surface area contributed by atoms with Gasteiger partial charge in [0.15, 0.2) is 5.69 Å². The van der Waals surface area contributed by atoms with Crippen LogP contribution in [0.2, 0.25) is 5.02 Å². The molecule has 4 rings (SSSR count). The molecular weight excluding hydrogens is 410 g/mol. The van der Waals surface area contributed by atoms with Gasteiger partial charge in [0.2, 0.25) is 23.2 Å². The van der Waals surface area contributed by atoms with E-state index in [1.807, 2.05) is 19.9 Å². The van der Waals surface area contributed by atoms with Gasteiger partial charge in [0.05, 0.1) is 5.69 Å². The van der Waals surface area contributed by atoms with E-state index in [9.17, 15) is 4.79 Å². The summed E-state index contributed by atoms with van der Waals surface area (Å²) in [6.07, 6.45) is 2.91. The van der Waals surface area contributed by atoms with Crippen molar-refractivity contribution < 1.29 is 9.53 Å². The molecule has 1 atom stereocenters. The van der Waals surface area contributed by atoms with E-state index < -0.39 is 6.23 Å². The summed E-state index contributed by atoms with van der Waals surface area (Å²) in [4.78, 5) is 23.4. The van der Waals surface area contributed by atoms with E-state index in [0.717, 1.165) is 11.3 Å². The first kappa shape index (κ1) is 19.6. The van der Waals surface area contributed by atoms with Crippen LogP contribution in [0.4, 0.5) is 5.69 Å². The van der Waals surface area contributed by atoms with Crippen molar-refractivity contribution in [3.8, 4) is 17.1 Å². The van der Waals surface area contributed by atoms with Crippen LogP contribution in [0.25, 0.3) is 11.3 Å². The molecule has 0 saturated carbocycles. The Bertz CT molecular complexity index is 1050. The van der Waals surface area contributed by atoms with Crippen molar-refractivity contribution in [3.63, 3.8) is 0 Å². The van der Waals surface area contributed by atoms with Crippen molar-refractivity contribution in [2.75, 3.05) is 10.7 Å². The van der Waals surface area contributed by atoms with Crippen LogP contribution in [0.5, 0.6) is 5.88 Å². The molecule has 0 bridgehead atoms. The molecule has 9 heteroatoms. The Balaban J connectivity index is 1.97. The number of anilines is 1. The summed E-state index contributed by atoms with van der Waals surface area (Å²) in [6.45, 7) is 3.82. The Morgan fingerprint density at radius 3 is 2.86 bits per heavy atom. The third-order valence-electron chi connectivity index (χ3n) is 4.38. The topological polar surface area (TPSA) is 81.1 Å². The maximum atomic E-state index is 13.0. The maximum Gasteiger partial charge on any atom is 0.247 e. The summed E-state index contributed by atoms with van der Waals surface area (Å²) >= 11 is 7.73.